The molecule has 6 heteroatoms. The van der Waals surface area contributed by atoms with Crippen LogP contribution in [0.25, 0.3) is 11.1 Å². The maximum atomic E-state index is 11.5. The van der Waals surface area contributed by atoms with Gasteiger partial charge in [0.25, 0.3) is 0 Å². The predicted octanol–water partition coefficient (Wildman–Crippen LogP) is 1.79. The zero-order chi connectivity index (χ0) is 14.8. The zero-order valence-corrected chi connectivity index (χ0v) is 11.6. The highest BCUT2D eigenvalue weighted by atomic mass is 32.2. The Morgan fingerprint density at radius 1 is 1.05 bits per heavy atom. The second-order valence-corrected chi connectivity index (χ2v) is 5.71. The topological polar surface area (TPSA) is 86.5 Å². The minimum absolute atomic E-state index is 0.0264. The van der Waals surface area contributed by atoms with E-state index in [4.69, 9.17) is 5.14 Å². The molecule has 0 aliphatic heterocycles. The second-order valence-electron chi connectivity index (χ2n) is 4.15. The molecule has 0 radical (unpaired) electrons. The van der Waals surface area contributed by atoms with Crippen LogP contribution >= 0.6 is 0 Å². The average molecular weight is 291 g/mol. The summed E-state index contributed by atoms with van der Waals surface area (Å²) in [5.41, 5.74) is 1.76. The summed E-state index contributed by atoms with van der Waals surface area (Å²) in [5, 5.41) is 5.10. The summed E-state index contributed by atoms with van der Waals surface area (Å²) in [7, 11) is -2.45. The van der Waals surface area contributed by atoms with Gasteiger partial charge in [-0.25, -0.2) is 18.4 Å². The number of sulfonamides is 1. The van der Waals surface area contributed by atoms with E-state index in [1.807, 2.05) is 0 Å². The van der Waals surface area contributed by atoms with E-state index in [0.29, 0.717) is 16.7 Å². The molecule has 0 atom stereocenters. The van der Waals surface area contributed by atoms with Crippen molar-refractivity contribution in [3.63, 3.8) is 0 Å². The fraction of sp³-hybridized carbons (Fsp3) is 0.0714. The Bertz CT molecular complexity index is 753. The summed E-state index contributed by atoms with van der Waals surface area (Å²) in [6.45, 7) is 0. The first-order valence-corrected chi connectivity index (χ1v) is 7.28. The molecule has 0 saturated heterocycles. The van der Waals surface area contributed by atoms with Gasteiger partial charge in [-0.15, -0.1) is 0 Å². The van der Waals surface area contributed by atoms with Crippen molar-refractivity contribution in [3.8, 4) is 11.1 Å². The second kappa shape index (κ2) is 5.44. The van der Waals surface area contributed by atoms with E-state index in [1.165, 1.54) is 19.2 Å². The molecule has 2 N–H and O–H groups in total. The van der Waals surface area contributed by atoms with Gasteiger partial charge in [0, 0.05) is 0 Å². The third-order valence-corrected chi connectivity index (χ3v) is 3.69. The largest absolute Gasteiger partial charge is 0.465 e. The number of ether oxygens (including phenoxy) is 1. The van der Waals surface area contributed by atoms with Crippen molar-refractivity contribution in [2.75, 3.05) is 7.11 Å². The van der Waals surface area contributed by atoms with Gasteiger partial charge in [0.05, 0.1) is 17.6 Å². The molecule has 0 aromatic heterocycles. The van der Waals surface area contributed by atoms with Crippen LogP contribution in [-0.2, 0) is 14.8 Å². The van der Waals surface area contributed by atoms with Gasteiger partial charge in [-0.05, 0) is 35.4 Å². The maximum absolute atomic E-state index is 11.5. The van der Waals surface area contributed by atoms with Crippen LogP contribution in [0.1, 0.15) is 10.4 Å². The van der Waals surface area contributed by atoms with Crippen molar-refractivity contribution in [1.29, 1.82) is 0 Å². The van der Waals surface area contributed by atoms with Gasteiger partial charge in [-0.3, -0.25) is 0 Å². The Labute approximate surface area is 117 Å². The molecule has 0 heterocycles. The van der Waals surface area contributed by atoms with Crippen LogP contribution in [-0.4, -0.2) is 21.5 Å². The molecule has 0 unspecified atom stereocenters. The molecule has 0 aliphatic carbocycles. The first-order chi connectivity index (χ1) is 9.41. The van der Waals surface area contributed by atoms with Crippen molar-refractivity contribution in [2.45, 2.75) is 4.90 Å². The summed E-state index contributed by atoms with van der Waals surface area (Å²) < 4.78 is 27.3. The fourth-order valence-corrected chi connectivity index (χ4v) is 2.36. The van der Waals surface area contributed by atoms with Crippen LogP contribution in [0.15, 0.2) is 53.4 Å². The summed E-state index contributed by atoms with van der Waals surface area (Å²) in [4.78, 5) is 11.5. The highest BCUT2D eigenvalue weighted by Crippen LogP contribution is 2.23. The number of carbonyl (C=O) groups is 1. The van der Waals surface area contributed by atoms with Gasteiger partial charge in [0.2, 0.25) is 10.0 Å². The van der Waals surface area contributed by atoms with Crippen LogP contribution in [0.2, 0.25) is 0 Å². The molecule has 0 bridgehead atoms. The molecule has 0 amide bonds. The molecule has 5 nitrogen and oxygen atoms in total. The molecule has 2 aromatic rings. The first-order valence-electron chi connectivity index (χ1n) is 5.73. The lowest BCUT2D eigenvalue weighted by Crippen LogP contribution is -2.11. The van der Waals surface area contributed by atoms with Crippen molar-refractivity contribution in [2.24, 2.45) is 5.14 Å². The van der Waals surface area contributed by atoms with Crippen LogP contribution < -0.4 is 5.14 Å². The lowest BCUT2D eigenvalue weighted by atomic mass is 10.0. The number of hydrogen-bond acceptors (Lipinski definition) is 4. The lowest BCUT2D eigenvalue weighted by molar-refractivity contribution is 0.0601. The number of carbonyl (C=O) groups excluding carboxylic acids is 1. The number of benzene rings is 2. The van der Waals surface area contributed by atoms with Crippen molar-refractivity contribution in [1.82, 2.24) is 0 Å². The van der Waals surface area contributed by atoms with E-state index in [-0.39, 0.29) is 4.90 Å². The standard InChI is InChI=1S/C14H13NO4S/c1-19-14(16)12-6-2-4-10(8-12)11-5-3-7-13(9-11)20(15,17)18/h2-9H,1H3,(H2,15,17,18). The Morgan fingerprint density at radius 3 is 2.25 bits per heavy atom. The zero-order valence-electron chi connectivity index (χ0n) is 10.7. The van der Waals surface area contributed by atoms with Crippen LogP contribution in [0.3, 0.4) is 0 Å². The highest BCUT2D eigenvalue weighted by molar-refractivity contribution is 7.89. The molecule has 2 rings (SSSR count). The molecule has 2 aromatic carbocycles. The molecule has 0 spiro atoms. The van der Waals surface area contributed by atoms with Crippen molar-refractivity contribution >= 4 is 16.0 Å². The van der Waals surface area contributed by atoms with E-state index < -0.39 is 16.0 Å². The average Bonchev–Trinajstić information content (AvgIpc) is 2.46. The van der Waals surface area contributed by atoms with Gasteiger partial charge in [0.1, 0.15) is 0 Å². The molecule has 104 valence electrons. The van der Waals surface area contributed by atoms with Crippen molar-refractivity contribution in [3.05, 3.63) is 54.1 Å². The smallest absolute Gasteiger partial charge is 0.337 e. The normalized spacial score (nSPS) is 11.1. The highest BCUT2D eigenvalue weighted by Gasteiger charge is 2.10. The Balaban J connectivity index is 2.50. The summed E-state index contributed by atoms with van der Waals surface area (Å²) in [6, 6.07) is 13.0. The third-order valence-electron chi connectivity index (χ3n) is 2.78. The predicted molar refractivity (Wildman–Crippen MR) is 74.6 cm³/mol. The number of primary sulfonamides is 1. The molecular formula is C14H13NO4S. The van der Waals surface area contributed by atoms with E-state index in [0.717, 1.165) is 0 Å². The number of methoxy groups -OCH3 is 1. The molecule has 0 saturated carbocycles. The molecule has 20 heavy (non-hydrogen) atoms. The number of nitrogens with two attached hydrogens (primary N) is 1. The molecule has 0 aliphatic rings. The van der Waals surface area contributed by atoms with Gasteiger partial charge in [-0.1, -0.05) is 24.3 Å². The van der Waals surface area contributed by atoms with Gasteiger partial charge >= 0.3 is 5.97 Å². The Kier molecular flexibility index (Phi) is 3.87. The SMILES string of the molecule is COC(=O)c1cccc(-c2cccc(S(N)(=O)=O)c2)c1. The van der Waals surface area contributed by atoms with Gasteiger partial charge in [-0.2, -0.15) is 0 Å². The number of rotatable bonds is 3. The van der Waals surface area contributed by atoms with E-state index in [1.54, 1.807) is 36.4 Å². The van der Waals surface area contributed by atoms with E-state index in [9.17, 15) is 13.2 Å². The van der Waals surface area contributed by atoms with Crippen LogP contribution in [0, 0.1) is 0 Å². The maximum Gasteiger partial charge on any atom is 0.337 e. The minimum atomic E-state index is -3.76. The summed E-state index contributed by atoms with van der Waals surface area (Å²) in [6.07, 6.45) is 0. The van der Waals surface area contributed by atoms with Crippen LogP contribution in [0.5, 0.6) is 0 Å². The Morgan fingerprint density at radius 2 is 1.65 bits per heavy atom. The third kappa shape index (κ3) is 3.04. The van der Waals surface area contributed by atoms with Gasteiger partial charge in [0.15, 0.2) is 0 Å². The molecular weight excluding hydrogens is 278 g/mol. The minimum Gasteiger partial charge on any atom is -0.465 e. The Hall–Kier alpha value is -2.18. The number of esters is 1. The summed E-state index contributed by atoms with van der Waals surface area (Å²) >= 11 is 0. The molecule has 0 fully saturated rings. The van der Waals surface area contributed by atoms with Gasteiger partial charge < -0.3 is 4.74 Å². The fourth-order valence-electron chi connectivity index (χ4n) is 1.80. The number of hydrogen-bond donors (Lipinski definition) is 1. The summed E-state index contributed by atoms with van der Waals surface area (Å²) in [5.74, 6) is -0.450. The monoisotopic (exact) mass is 291 g/mol. The lowest BCUT2D eigenvalue weighted by Gasteiger charge is -2.06. The van der Waals surface area contributed by atoms with E-state index >= 15 is 0 Å². The van der Waals surface area contributed by atoms with Crippen LogP contribution in [0.4, 0.5) is 0 Å². The van der Waals surface area contributed by atoms with Crippen molar-refractivity contribution < 1.29 is 17.9 Å². The quantitative estimate of drug-likeness (QED) is 0.873. The van der Waals surface area contributed by atoms with E-state index in [2.05, 4.69) is 4.74 Å². The first kappa shape index (κ1) is 14.2.